The third-order valence-corrected chi connectivity index (χ3v) is 3.77. The lowest BCUT2D eigenvalue weighted by atomic mass is 10.2. The van der Waals surface area contributed by atoms with Gasteiger partial charge in [0.05, 0.1) is 6.21 Å². The van der Waals surface area contributed by atoms with Crippen LogP contribution in [0.25, 0.3) is 0 Å². The molecule has 0 unspecified atom stereocenters. The minimum Gasteiger partial charge on any atom is -0.488 e. The highest BCUT2D eigenvalue weighted by Crippen LogP contribution is 2.19. The van der Waals surface area contributed by atoms with E-state index in [1.165, 1.54) is 6.21 Å². The van der Waals surface area contributed by atoms with Gasteiger partial charge in [-0.3, -0.25) is 4.79 Å². The molecule has 3 aromatic rings. The summed E-state index contributed by atoms with van der Waals surface area (Å²) in [6.45, 7) is 2.15. The zero-order chi connectivity index (χ0) is 18.4. The lowest BCUT2D eigenvalue weighted by Crippen LogP contribution is -2.16. The summed E-state index contributed by atoms with van der Waals surface area (Å²) in [6.07, 6.45) is 1.53. The van der Waals surface area contributed by atoms with E-state index in [1.54, 1.807) is 19.1 Å². The van der Waals surface area contributed by atoms with Gasteiger partial charge in [-0.25, -0.2) is 5.43 Å². The van der Waals surface area contributed by atoms with Gasteiger partial charge in [-0.1, -0.05) is 35.9 Å². The highest BCUT2D eigenvalue weighted by molar-refractivity contribution is 6.30. The Kier molecular flexibility index (Phi) is 5.71. The Hall–Kier alpha value is -3.05. The number of para-hydroxylation sites is 1. The van der Waals surface area contributed by atoms with Crippen molar-refractivity contribution in [2.45, 2.75) is 13.5 Å². The molecule has 1 aromatic heterocycles. The number of aryl methyl sites for hydroxylation is 1. The molecule has 0 saturated carbocycles. The van der Waals surface area contributed by atoms with Gasteiger partial charge in [-0.05, 0) is 48.9 Å². The van der Waals surface area contributed by atoms with Crippen molar-refractivity contribution in [3.63, 3.8) is 0 Å². The van der Waals surface area contributed by atoms with Gasteiger partial charge in [0.15, 0.2) is 5.76 Å². The number of rotatable bonds is 6. The van der Waals surface area contributed by atoms with Crippen LogP contribution in [0.1, 0.15) is 27.4 Å². The Bertz CT molecular complexity index is 934. The maximum atomic E-state index is 11.9. The second kappa shape index (κ2) is 8.36. The van der Waals surface area contributed by atoms with Crippen LogP contribution in [0.5, 0.6) is 5.75 Å². The summed E-state index contributed by atoms with van der Waals surface area (Å²) in [5.74, 6) is 1.12. The minimum atomic E-state index is -0.410. The van der Waals surface area contributed by atoms with E-state index in [2.05, 4.69) is 10.5 Å². The number of hydrogen-bond acceptors (Lipinski definition) is 4. The van der Waals surface area contributed by atoms with E-state index in [0.717, 1.165) is 11.1 Å². The van der Waals surface area contributed by atoms with E-state index >= 15 is 0 Å². The first kappa shape index (κ1) is 17.8. The van der Waals surface area contributed by atoms with Crippen molar-refractivity contribution >= 4 is 23.7 Å². The molecule has 26 heavy (non-hydrogen) atoms. The Morgan fingerprint density at radius 2 is 2.04 bits per heavy atom. The number of ether oxygens (including phenoxy) is 1. The van der Waals surface area contributed by atoms with Gasteiger partial charge >= 0.3 is 5.91 Å². The summed E-state index contributed by atoms with van der Waals surface area (Å²) in [5, 5.41) is 4.64. The number of halogens is 1. The number of nitrogens with one attached hydrogen (secondary N) is 1. The van der Waals surface area contributed by atoms with Crippen molar-refractivity contribution in [2.24, 2.45) is 5.10 Å². The lowest BCUT2D eigenvalue weighted by Gasteiger charge is -2.09. The third-order valence-electron chi connectivity index (χ3n) is 3.54. The summed E-state index contributed by atoms with van der Waals surface area (Å²) in [7, 11) is 0. The summed E-state index contributed by atoms with van der Waals surface area (Å²) >= 11 is 5.98. The standard InChI is InChI=1S/C20H17ClN2O3/c1-14-9-10-19(26-14)20(24)23-22-12-16-6-2-3-8-18(16)25-13-15-5-4-7-17(21)11-15/h2-12H,13H2,1H3,(H,23,24)/b22-12-. The zero-order valence-electron chi connectivity index (χ0n) is 14.1. The number of hydrogen-bond donors (Lipinski definition) is 1. The van der Waals surface area contributed by atoms with Crippen LogP contribution in [-0.4, -0.2) is 12.1 Å². The zero-order valence-corrected chi connectivity index (χ0v) is 14.9. The van der Waals surface area contributed by atoms with Gasteiger partial charge < -0.3 is 9.15 Å². The normalized spacial score (nSPS) is 10.8. The fraction of sp³-hybridized carbons (Fsp3) is 0.100. The largest absolute Gasteiger partial charge is 0.488 e. The van der Waals surface area contributed by atoms with Crippen LogP contribution in [0, 0.1) is 6.92 Å². The smallest absolute Gasteiger partial charge is 0.307 e. The van der Waals surface area contributed by atoms with E-state index < -0.39 is 5.91 Å². The minimum absolute atomic E-state index is 0.213. The highest BCUT2D eigenvalue weighted by Gasteiger charge is 2.08. The van der Waals surface area contributed by atoms with Gasteiger partial charge in [0.1, 0.15) is 18.1 Å². The molecule has 0 aliphatic carbocycles. The molecule has 2 aromatic carbocycles. The van der Waals surface area contributed by atoms with Crippen molar-refractivity contribution in [3.05, 3.63) is 88.3 Å². The van der Waals surface area contributed by atoms with Gasteiger partial charge in [-0.15, -0.1) is 0 Å². The molecule has 0 bridgehead atoms. The van der Waals surface area contributed by atoms with Crippen molar-refractivity contribution in [1.29, 1.82) is 0 Å². The van der Waals surface area contributed by atoms with E-state index in [1.807, 2.05) is 48.5 Å². The molecule has 0 saturated heterocycles. The van der Waals surface area contributed by atoms with Crippen molar-refractivity contribution in [1.82, 2.24) is 5.43 Å². The third kappa shape index (κ3) is 4.74. The van der Waals surface area contributed by atoms with Crippen LogP contribution in [0.15, 0.2) is 70.2 Å². The van der Waals surface area contributed by atoms with Gasteiger partial charge in [-0.2, -0.15) is 5.10 Å². The molecule has 5 nitrogen and oxygen atoms in total. The number of furan rings is 1. The van der Waals surface area contributed by atoms with Crippen molar-refractivity contribution < 1.29 is 13.9 Å². The first-order chi connectivity index (χ1) is 12.6. The second-order valence-corrected chi connectivity index (χ2v) is 6.00. The first-order valence-corrected chi connectivity index (χ1v) is 8.36. The van der Waals surface area contributed by atoms with Crippen LogP contribution in [-0.2, 0) is 6.61 Å². The Morgan fingerprint density at radius 1 is 1.19 bits per heavy atom. The topological polar surface area (TPSA) is 63.8 Å². The van der Waals surface area contributed by atoms with E-state index in [0.29, 0.717) is 23.1 Å². The molecule has 0 aliphatic heterocycles. The van der Waals surface area contributed by atoms with Crippen LogP contribution in [0.4, 0.5) is 0 Å². The van der Waals surface area contributed by atoms with Crippen LogP contribution in [0.2, 0.25) is 5.02 Å². The first-order valence-electron chi connectivity index (χ1n) is 7.98. The number of nitrogens with zero attached hydrogens (tertiary/aromatic N) is 1. The average Bonchev–Trinajstić information content (AvgIpc) is 3.07. The maximum Gasteiger partial charge on any atom is 0.307 e. The molecule has 0 aliphatic rings. The van der Waals surface area contributed by atoms with Crippen LogP contribution >= 0.6 is 11.6 Å². The van der Waals surface area contributed by atoms with Crippen LogP contribution in [0.3, 0.4) is 0 Å². The molecule has 6 heteroatoms. The molecular weight excluding hydrogens is 352 g/mol. The van der Waals surface area contributed by atoms with E-state index in [-0.39, 0.29) is 5.76 Å². The number of amides is 1. The van der Waals surface area contributed by atoms with Gasteiger partial charge in [0, 0.05) is 10.6 Å². The van der Waals surface area contributed by atoms with Crippen molar-refractivity contribution in [3.8, 4) is 5.75 Å². The summed E-state index contributed by atoms with van der Waals surface area (Å²) in [6, 6.07) is 18.2. The van der Waals surface area contributed by atoms with Gasteiger partial charge in [0.25, 0.3) is 0 Å². The molecule has 0 radical (unpaired) electrons. The number of carbonyl (C=O) groups is 1. The molecule has 0 fully saturated rings. The van der Waals surface area contributed by atoms with Crippen molar-refractivity contribution in [2.75, 3.05) is 0 Å². The fourth-order valence-electron chi connectivity index (χ4n) is 2.28. The molecule has 0 spiro atoms. The summed E-state index contributed by atoms with van der Waals surface area (Å²) in [5.41, 5.74) is 4.14. The summed E-state index contributed by atoms with van der Waals surface area (Å²) in [4.78, 5) is 11.9. The predicted octanol–water partition coefficient (Wildman–Crippen LogP) is 4.58. The average molecular weight is 369 g/mol. The number of hydrazone groups is 1. The SMILES string of the molecule is Cc1ccc(C(=O)N/N=C\c2ccccc2OCc2cccc(Cl)c2)o1. The quantitative estimate of drug-likeness (QED) is 0.511. The molecule has 1 heterocycles. The molecule has 3 rings (SSSR count). The Labute approximate surface area is 156 Å². The molecule has 132 valence electrons. The second-order valence-electron chi connectivity index (χ2n) is 5.57. The van der Waals surface area contributed by atoms with E-state index in [9.17, 15) is 4.79 Å². The summed E-state index contributed by atoms with van der Waals surface area (Å²) < 4.78 is 11.1. The Morgan fingerprint density at radius 3 is 2.81 bits per heavy atom. The maximum absolute atomic E-state index is 11.9. The Balaban J connectivity index is 1.64. The molecule has 0 atom stereocenters. The number of carbonyl (C=O) groups excluding carboxylic acids is 1. The van der Waals surface area contributed by atoms with Crippen LogP contribution < -0.4 is 10.2 Å². The molecule has 1 amide bonds. The lowest BCUT2D eigenvalue weighted by molar-refractivity contribution is 0.0926. The number of benzene rings is 2. The molecular formula is C20H17ClN2O3. The van der Waals surface area contributed by atoms with E-state index in [4.69, 9.17) is 20.8 Å². The van der Waals surface area contributed by atoms with Gasteiger partial charge in [0.2, 0.25) is 0 Å². The fourth-order valence-corrected chi connectivity index (χ4v) is 2.49. The predicted molar refractivity (Wildman–Crippen MR) is 101 cm³/mol. The molecule has 1 N–H and O–H groups in total. The monoisotopic (exact) mass is 368 g/mol. The highest BCUT2D eigenvalue weighted by atomic mass is 35.5.